The average Bonchev–Trinajstić information content (AvgIpc) is 2.19. The predicted octanol–water partition coefficient (Wildman–Crippen LogP) is 6.51. The van der Waals surface area contributed by atoms with E-state index in [0.717, 1.165) is 0 Å². The summed E-state index contributed by atoms with van der Waals surface area (Å²) in [6.07, 6.45) is 1.31. The zero-order valence-corrected chi connectivity index (χ0v) is 9.84. The van der Waals surface area contributed by atoms with Gasteiger partial charge in [0.1, 0.15) is 0 Å². The smallest absolute Gasteiger partial charge is 0.000678 e. The molecule has 0 saturated heterocycles. The lowest BCUT2D eigenvalue weighted by Crippen LogP contribution is -2.29. The van der Waals surface area contributed by atoms with E-state index >= 15 is 0 Å². The van der Waals surface area contributed by atoms with E-state index in [2.05, 4.69) is 37.5 Å². The summed E-state index contributed by atoms with van der Waals surface area (Å²) in [6, 6.07) is 0. The Bertz CT molecular complexity index is 85.6. The van der Waals surface area contributed by atoms with Crippen LogP contribution in [0.15, 0.2) is 0 Å². The van der Waals surface area contributed by atoms with Crippen LogP contribution in [0.4, 0.5) is 0 Å². The standard InChI is InChI=1S/C11H26N2.7CH4/c1-5-12(6-2)10-9-11-13(7-3)8-4;;;;;;;/h5-11H2,1-4H3;7*1H4. The highest BCUT2D eigenvalue weighted by Crippen LogP contribution is 1.94. The summed E-state index contributed by atoms with van der Waals surface area (Å²) in [5.74, 6) is 0. The predicted molar refractivity (Wildman–Crippen MR) is 107 cm³/mol. The summed E-state index contributed by atoms with van der Waals surface area (Å²) in [6.45, 7) is 16.2. The number of nitrogens with zero attached hydrogens (tertiary/aromatic N) is 2. The van der Waals surface area contributed by atoms with Gasteiger partial charge in [-0.3, -0.25) is 0 Å². The first-order chi connectivity index (χ1) is 6.28. The van der Waals surface area contributed by atoms with Crippen LogP contribution < -0.4 is 0 Å². The van der Waals surface area contributed by atoms with Crippen molar-refractivity contribution in [2.45, 2.75) is 86.1 Å². The van der Waals surface area contributed by atoms with Crippen molar-refractivity contribution in [3.8, 4) is 0 Å². The van der Waals surface area contributed by atoms with E-state index < -0.39 is 0 Å². The van der Waals surface area contributed by atoms with Gasteiger partial charge in [-0.25, -0.2) is 0 Å². The van der Waals surface area contributed by atoms with Crippen molar-refractivity contribution in [3.05, 3.63) is 0 Å². The fourth-order valence-electron chi connectivity index (χ4n) is 1.60. The molecule has 0 atom stereocenters. The number of hydrogen-bond acceptors (Lipinski definition) is 2. The molecule has 0 aromatic carbocycles. The molecule has 0 aliphatic rings. The SMILES string of the molecule is C.C.C.C.C.C.C.CCN(CC)CCCN(CC)CC. The lowest BCUT2D eigenvalue weighted by atomic mass is 10.3. The number of rotatable bonds is 8. The zero-order chi connectivity index (χ0) is 10.1. The van der Waals surface area contributed by atoms with Gasteiger partial charge in [0.25, 0.3) is 0 Å². The van der Waals surface area contributed by atoms with Crippen molar-refractivity contribution in [1.29, 1.82) is 0 Å². The molecule has 0 N–H and O–H groups in total. The molecule has 0 fully saturated rings. The highest BCUT2D eigenvalue weighted by Gasteiger charge is 2.01. The summed E-state index contributed by atoms with van der Waals surface area (Å²) in [7, 11) is 0. The summed E-state index contributed by atoms with van der Waals surface area (Å²) in [4.78, 5) is 4.98. The molecule has 0 radical (unpaired) electrons. The highest BCUT2D eigenvalue weighted by molar-refractivity contribution is 4.57. The molecular formula is C18H54N2. The van der Waals surface area contributed by atoms with Gasteiger partial charge in [0.2, 0.25) is 0 Å². The molecule has 0 heterocycles. The normalized spacial score (nSPS) is 7.50. The van der Waals surface area contributed by atoms with Gasteiger partial charge in [-0.2, -0.15) is 0 Å². The van der Waals surface area contributed by atoms with Gasteiger partial charge in [-0.05, 0) is 45.7 Å². The molecule has 0 aromatic heterocycles. The molecule has 0 amide bonds. The third-order valence-electron chi connectivity index (χ3n) is 2.74. The van der Waals surface area contributed by atoms with Gasteiger partial charge in [0.15, 0.2) is 0 Å². The van der Waals surface area contributed by atoms with E-state index in [0.29, 0.717) is 0 Å². The van der Waals surface area contributed by atoms with Crippen molar-refractivity contribution in [2.24, 2.45) is 0 Å². The Hall–Kier alpha value is -0.0800. The lowest BCUT2D eigenvalue weighted by Gasteiger charge is -2.21. The minimum Gasteiger partial charge on any atom is -0.304 e. The van der Waals surface area contributed by atoms with Crippen LogP contribution in [0.5, 0.6) is 0 Å². The average molecular weight is 299 g/mol. The van der Waals surface area contributed by atoms with Gasteiger partial charge in [-0.1, -0.05) is 79.7 Å². The first-order valence-corrected chi connectivity index (χ1v) is 5.73. The molecule has 0 spiro atoms. The topological polar surface area (TPSA) is 6.48 Å². The van der Waals surface area contributed by atoms with Gasteiger partial charge in [0.05, 0.1) is 0 Å². The van der Waals surface area contributed by atoms with Crippen LogP contribution in [0.1, 0.15) is 86.1 Å². The minimum atomic E-state index is 0. The van der Waals surface area contributed by atoms with E-state index in [4.69, 9.17) is 0 Å². The summed E-state index contributed by atoms with van der Waals surface area (Å²) < 4.78 is 0. The van der Waals surface area contributed by atoms with Crippen LogP contribution in [0.25, 0.3) is 0 Å². The van der Waals surface area contributed by atoms with Gasteiger partial charge < -0.3 is 9.80 Å². The minimum absolute atomic E-state index is 0. The Morgan fingerprint density at radius 3 is 0.800 bits per heavy atom. The molecular weight excluding hydrogens is 244 g/mol. The van der Waals surface area contributed by atoms with Crippen molar-refractivity contribution in [1.82, 2.24) is 9.80 Å². The maximum absolute atomic E-state index is 2.49. The first kappa shape index (κ1) is 50.2. The van der Waals surface area contributed by atoms with Crippen molar-refractivity contribution in [3.63, 3.8) is 0 Å². The molecule has 0 aliphatic carbocycles. The third-order valence-corrected chi connectivity index (χ3v) is 2.74. The van der Waals surface area contributed by atoms with Crippen molar-refractivity contribution < 1.29 is 0 Å². The summed E-state index contributed by atoms with van der Waals surface area (Å²) in [5, 5.41) is 0. The summed E-state index contributed by atoms with van der Waals surface area (Å²) >= 11 is 0. The lowest BCUT2D eigenvalue weighted by molar-refractivity contribution is 0.250. The van der Waals surface area contributed by atoms with Crippen molar-refractivity contribution >= 4 is 0 Å². The van der Waals surface area contributed by atoms with Crippen LogP contribution in [0.3, 0.4) is 0 Å². The van der Waals surface area contributed by atoms with Crippen LogP contribution in [0, 0.1) is 0 Å². The zero-order valence-electron chi connectivity index (χ0n) is 9.84. The molecule has 2 heteroatoms. The fraction of sp³-hybridized carbons (Fsp3) is 1.00. The van der Waals surface area contributed by atoms with Gasteiger partial charge >= 0.3 is 0 Å². The Balaban J connectivity index is -0.0000000343. The second kappa shape index (κ2) is 36.4. The molecule has 136 valence electrons. The van der Waals surface area contributed by atoms with E-state index in [9.17, 15) is 0 Å². The van der Waals surface area contributed by atoms with Crippen LogP contribution in [0.2, 0.25) is 0 Å². The van der Waals surface area contributed by atoms with E-state index in [1.54, 1.807) is 0 Å². The second-order valence-electron chi connectivity index (χ2n) is 3.41. The van der Waals surface area contributed by atoms with Crippen LogP contribution in [-0.2, 0) is 0 Å². The van der Waals surface area contributed by atoms with Crippen LogP contribution in [-0.4, -0.2) is 49.1 Å². The quantitative estimate of drug-likeness (QED) is 0.504. The molecule has 0 saturated carbocycles. The largest absolute Gasteiger partial charge is 0.304 e. The molecule has 0 rings (SSSR count). The molecule has 0 unspecified atom stereocenters. The van der Waals surface area contributed by atoms with E-state index in [1.165, 1.54) is 45.7 Å². The molecule has 0 aliphatic heterocycles. The number of hydrogen-bond donors (Lipinski definition) is 0. The molecule has 20 heavy (non-hydrogen) atoms. The van der Waals surface area contributed by atoms with Crippen molar-refractivity contribution in [2.75, 3.05) is 39.3 Å². The Morgan fingerprint density at radius 2 is 0.650 bits per heavy atom. The maximum atomic E-state index is 2.49. The van der Waals surface area contributed by atoms with Gasteiger partial charge in [-0.15, -0.1) is 0 Å². The maximum Gasteiger partial charge on any atom is -0.000678 e. The second-order valence-corrected chi connectivity index (χ2v) is 3.41. The Morgan fingerprint density at radius 1 is 0.450 bits per heavy atom. The molecule has 2 nitrogen and oxygen atoms in total. The van der Waals surface area contributed by atoms with E-state index in [1.807, 2.05) is 0 Å². The Kier molecular flexibility index (Phi) is 91.3. The molecule has 0 aromatic rings. The van der Waals surface area contributed by atoms with E-state index in [-0.39, 0.29) is 52.0 Å². The van der Waals surface area contributed by atoms with Gasteiger partial charge in [0, 0.05) is 0 Å². The Labute approximate surface area is 136 Å². The monoisotopic (exact) mass is 298 g/mol. The molecule has 0 bridgehead atoms. The third kappa shape index (κ3) is 26.5. The fourth-order valence-corrected chi connectivity index (χ4v) is 1.60. The summed E-state index contributed by atoms with van der Waals surface area (Å²) in [5.41, 5.74) is 0. The first-order valence-electron chi connectivity index (χ1n) is 5.73. The van der Waals surface area contributed by atoms with Crippen LogP contribution >= 0.6 is 0 Å². The highest BCUT2D eigenvalue weighted by atomic mass is 15.1.